The molecule has 9 nitrogen and oxygen atoms in total. The number of likely N-dealkylation sites (tertiary alicyclic amines) is 1. The molecule has 1 amide bonds. The number of carbonyl (C=O) groups is 1. The van der Waals surface area contributed by atoms with Crippen LogP contribution in [0.2, 0.25) is 0 Å². The molecule has 0 spiro atoms. The van der Waals surface area contributed by atoms with Crippen molar-refractivity contribution in [3.8, 4) is 0 Å². The fourth-order valence-corrected chi connectivity index (χ4v) is 7.36. The van der Waals surface area contributed by atoms with Crippen LogP contribution in [0.25, 0.3) is 10.9 Å². The highest BCUT2D eigenvalue weighted by Crippen LogP contribution is 2.40. The number of aliphatic imine (C=N–C) groups is 1. The van der Waals surface area contributed by atoms with Crippen molar-refractivity contribution in [2.45, 2.75) is 54.2 Å². The zero-order chi connectivity index (χ0) is 31.2. The highest BCUT2D eigenvalue weighted by atomic mass is 32.2. The van der Waals surface area contributed by atoms with Crippen molar-refractivity contribution >= 4 is 38.2 Å². The first kappa shape index (κ1) is 30.5. The zero-order valence-electron chi connectivity index (χ0n) is 24.0. The van der Waals surface area contributed by atoms with Gasteiger partial charge in [0.15, 0.2) is 9.84 Å². The Morgan fingerprint density at radius 2 is 1.81 bits per heavy atom. The van der Waals surface area contributed by atoms with Crippen LogP contribution in [0.5, 0.6) is 0 Å². The Hall–Kier alpha value is -3.97. The molecule has 1 aliphatic heterocycles. The second kappa shape index (κ2) is 11.3. The lowest BCUT2D eigenvalue weighted by Gasteiger charge is -2.30. The lowest BCUT2D eigenvalue weighted by Crippen LogP contribution is -2.53. The average Bonchev–Trinajstić information content (AvgIpc) is 3.59. The maximum Gasteiger partial charge on any atom is 0.417 e. The van der Waals surface area contributed by atoms with Crippen LogP contribution in [0.3, 0.4) is 0 Å². The van der Waals surface area contributed by atoms with Crippen molar-refractivity contribution in [2.24, 2.45) is 10.7 Å². The van der Waals surface area contributed by atoms with Gasteiger partial charge in [0.05, 0.1) is 32.6 Å². The number of nitrogens with one attached hydrogen (secondary N) is 1. The molecule has 2 aliphatic rings. The maximum atomic E-state index is 13.9. The van der Waals surface area contributed by atoms with Crippen LogP contribution in [-0.4, -0.2) is 72.5 Å². The first-order valence-corrected chi connectivity index (χ1v) is 15.3. The lowest BCUT2D eigenvalue weighted by atomic mass is 10.1. The number of sulfone groups is 1. The van der Waals surface area contributed by atoms with Crippen LogP contribution in [0.1, 0.15) is 31.7 Å². The van der Waals surface area contributed by atoms with Crippen molar-refractivity contribution in [2.75, 3.05) is 20.6 Å². The summed E-state index contributed by atoms with van der Waals surface area (Å²) in [5, 5.41) is 2.44. The molecular formula is C30H33F3N6O3S. The molecule has 1 saturated heterocycles. The van der Waals surface area contributed by atoms with Gasteiger partial charge in [-0.3, -0.25) is 14.7 Å². The number of pyridine rings is 1. The van der Waals surface area contributed by atoms with E-state index in [-0.39, 0.29) is 18.8 Å². The lowest BCUT2D eigenvalue weighted by molar-refractivity contribution is -0.139. The van der Waals surface area contributed by atoms with E-state index in [4.69, 9.17) is 10.7 Å². The molecule has 0 bridgehead atoms. The Bertz CT molecular complexity index is 1710. The summed E-state index contributed by atoms with van der Waals surface area (Å²) in [6.45, 7) is 1.36. The van der Waals surface area contributed by atoms with E-state index in [2.05, 4.69) is 10.3 Å². The SMILES string of the molecule is CC(N)=CC(=Nc1ccnc2ccccc12)N1C[C@H](S(=O)(=O)c2ccccc2C(F)(F)F)C[C@H]1C(=O)NC1(N(C)C)CC1. The van der Waals surface area contributed by atoms with Crippen molar-refractivity contribution in [3.63, 3.8) is 0 Å². The van der Waals surface area contributed by atoms with E-state index < -0.39 is 49.3 Å². The van der Waals surface area contributed by atoms with Gasteiger partial charge in [-0.15, -0.1) is 0 Å². The summed E-state index contributed by atoms with van der Waals surface area (Å²) >= 11 is 0. The molecule has 5 rings (SSSR count). The first-order chi connectivity index (χ1) is 20.2. The highest BCUT2D eigenvalue weighted by molar-refractivity contribution is 7.92. The third kappa shape index (κ3) is 6.09. The largest absolute Gasteiger partial charge is 0.417 e. The number of fused-ring (bicyclic) bond motifs is 1. The monoisotopic (exact) mass is 614 g/mol. The van der Waals surface area contributed by atoms with E-state index in [0.29, 0.717) is 29.7 Å². The van der Waals surface area contributed by atoms with E-state index in [1.54, 1.807) is 19.2 Å². The van der Waals surface area contributed by atoms with E-state index >= 15 is 0 Å². The van der Waals surface area contributed by atoms with E-state index in [1.165, 1.54) is 17.0 Å². The number of hydrogen-bond donors (Lipinski definition) is 2. The van der Waals surface area contributed by atoms with E-state index in [1.807, 2.05) is 43.3 Å². The van der Waals surface area contributed by atoms with Gasteiger partial charge < -0.3 is 16.0 Å². The number of nitrogens with zero attached hydrogens (tertiary/aromatic N) is 4. The number of amidine groups is 1. The van der Waals surface area contributed by atoms with Crippen LogP contribution in [0, 0.1) is 0 Å². The smallest absolute Gasteiger partial charge is 0.402 e. The summed E-state index contributed by atoms with van der Waals surface area (Å²) in [7, 11) is -0.862. The minimum Gasteiger partial charge on any atom is -0.402 e. The van der Waals surface area contributed by atoms with Gasteiger partial charge in [-0.1, -0.05) is 30.3 Å². The Morgan fingerprint density at radius 1 is 1.14 bits per heavy atom. The standard InChI is InChI=1S/C30H33F3N6O3S/c1-19(34)16-27(36-24-12-15-35-23-10-6-4-8-21(23)24)39-18-20(17-25(39)28(40)37-29(13-14-29)38(2)3)43(41,42)26-11-7-5-9-22(26)30(31,32)33/h4-12,15-16,20,25H,13-14,17-18,34H2,1-3H3,(H,37,40)/t20-,25+/m1/s1. The third-order valence-electron chi connectivity index (χ3n) is 7.95. The zero-order valence-corrected chi connectivity index (χ0v) is 24.8. The Morgan fingerprint density at radius 3 is 2.47 bits per heavy atom. The van der Waals surface area contributed by atoms with E-state index in [9.17, 15) is 26.4 Å². The number of rotatable bonds is 7. The molecule has 2 aromatic carbocycles. The maximum absolute atomic E-state index is 13.9. The number of alkyl halides is 3. The fourth-order valence-electron chi connectivity index (χ4n) is 5.45. The van der Waals surface area contributed by atoms with Crippen LogP contribution in [-0.2, 0) is 20.8 Å². The molecule has 0 radical (unpaired) electrons. The van der Waals surface area contributed by atoms with Crippen molar-refractivity contribution < 1.29 is 26.4 Å². The van der Waals surface area contributed by atoms with Gasteiger partial charge in [0.1, 0.15) is 11.9 Å². The van der Waals surface area contributed by atoms with Gasteiger partial charge in [-0.05, 0) is 70.6 Å². The molecule has 228 valence electrons. The van der Waals surface area contributed by atoms with Crippen molar-refractivity contribution in [1.82, 2.24) is 20.1 Å². The minimum atomic E-state index is -4.88. The summed E-state index contributed by atoms with van der Waals surface area (Å²) in [6.07, 6.45) is -0.571. The third-order valence-corrected chi connectivity index (χ3v) is 10.1. The molecule has 2 heterocycles. The second-order valence-electron chi connectivity index (χ2n) is 11.2. The molecule has 1 aromatic heterocycles. The summed E-state index contributed by atoms with van der Waals surface area (Å²) in [4.78, 5) is 25.6. The number of amides is 1. The van der Waals surface area contributed by atoms with Crippen molar-refractivity contribution in [1.29, 1.82) is 0 Å². The number of aromatic nitrogens is 1. The number of hydrogen-bond acceptors (Lipinski definition) is 7. The predicted octanol–water partition coefficient (Wildman–Crippen LogP) is 4.23. The normalized spacial score (nSPS) is 21.0. The topological polar surface area (TPSA) is 121 Å². The Kier molecular flexibility index (Phi) is 7.99. The number of allylic oxidation sites excluding steroid dienone is 1. The van der Waals surface area contributed by atoms with Gasteiger partial charge >= 0.3 is 6.18 Å². The summed E-state index contributed by atoms with van der Waals surface area (Å²) in [5.74, 6) is -0.226. The average molecular weight is 615 g/mol. The molecular weight excluding hydrogens is 581 g/mol. The number of nitrogens with two attached hydrogens (primary N) is 1. The van der Waals surface area contributed by atoms with Gasteiger partial charge in [-0.25, -0.2) is 13.4 Å². The molecule has 2 atom stereocenters. The molecule has 3 aromatic rings. The molecule has 1 saturated carbocycles. The number of halogens is 3. The quantitative estimate of drug-likeness (QED) is 0.232. The van der Waals surface area contributed by atoms with Crippen LogP contribution in [0.4, 0.5) is 18.9 Å². The van der Waals surface area contributed by atoms with Gasteiger partial charge in [0, 0.05) is 23.8 Å². The second-order valence-corrected chi connectivity index (χ2v) is 13.4. The van der Waals surface area contributed by atoms with Crippen LogP contribution >= 0.6 is 0 Å². The number of para-hydroxylation sites is 1. The molecule has 43 heavy (non-hydrogen) atoms. The van der Waals surface area contributed by atoms with E-state index in [0.717, 1.165) is 23.6 Å². The highest BCUT2D eigenvalue weighted by Gasteiger charge is 2.51. The van der Waals surface area contributed by atoms with Gasteiger partial charge in [0.2, 0.25) is 5.91 Å². The molecule has 2 fully saturated rings. The Balaban J connectivity index is 1.61. The minimum absolute atomic E-state index is 0.216. The molecule has 0 unspecified atom stereocenters. The van der Waals surface area contributed by atoms with Crippen LogP contribution < -0.4 is 11.1 Å². The summed E-state index contributed by atoms with van der Waals surface area (Å²) < 4.78 is 69.3. The molecule has 3 N–H and O–H groups in total. The number of carbonyl (C=O) groups excluding carboxylic acids is 1. The summed E-state index contributed by atoms with van der Waals surface area (Å²) in [5.41, 5.74) is 5.80. The van der Waals surface area contributed by atoms with Crippen LogP contribution in [0.15, 0.2) is 82.5 Å². The first-order valence-electron chi connectivity index (χ1n) is 13.8. The fraction of sp³-hybridized carbons (Fsp3) is 0.367. The molecule has 13 heteroatoms. The number of benzene rings is 2. The van der Waals surface area contributed by atoms with Gasteiger partial charge in [0.25, 0.3) is 0 Å². The predicted molar refractivity (Wildman–Crippen MR) is 158 cm³/mol. The van der Waals surface area contributed by atoms with Crippen molar-refractivity contribution in [3.05, 3.63) is 78.1 Å². The summed E-state index contributed by atoms with van der Waals surface area (Å²) in [6, 6.07) is 12.1. The Labute approximate surface area is 248 Å². The van der Waals surface area contributed by atoms with Gasteiger partial charge in [-0.2, -0.15) is 13.2 Å². The molecule has 1 aliphatic carbocycles.